The number of carboxylic acids is 1. The standard InChI is InChI=1S/C15H23NO3/c1-4-15(5-2,10-17)9-16-13-7-6-12(14(18)19)8-11(13)3/h6-8,16-17H,4-5,9-10H2,1-3H3,(H,18,19). The van der Waals surface area contributed by atoms with Crippen molar-refractivity contribution in [3.8, 4) is 0 Å². The van der Waals surface area contributed by atoms with Gasteiger partial charge in [-0.25, -0.2) is 4.79 Å². The molecule has 1 aromatic carbocycles. The Hall–Kier alpha value is -1.55. The SMILES string of the molecule is CCC(CC)(CO)CNc1ccc(C(=O)O)cc1C. The van der Waals surface area contributed by atoms with Gasteiger partial charge in [0.2, 0.25) is 0 Å². The van der Waals surface area contributed by atoms with Crippen LogP contribution in [-0.4, -0.2) is 29.3 Å². The van der Waals surface area contributed by atoms with Crippen LogP contribution in [0.4, 0.5) is 5.69 Å². The van der Waals surface area contributed by atoms with Crippen LogP contribution in [0, 0.1) is 12.3 Å². The fourth-order valence-corrected chi connectivity index (χ4v) is 2.06. The second-order valence-corrected chi connectivity index (χ2v) is 5.05. The van der Waals surface area contributed by atoms with Crippen LogP contribution in [0.2, 0.25) is 0 Å². The third-order valence-electron chi connectivity index (χ3n) is 3.96. The molecule has 3 N–H and O–H groups in total. The van der Waals surface area contributed by atoms with Gasteiger partial charge in [0.1, 0.15) is 0 Å². The summed E-state index contributed by atoms with van der Waals surface area (Å²) in [5.74, 6) is -0.915. The monoisotopic (exact) mass is 265 g/mol. The highest BCUT2D eigenvalue weighted by atomic mass is 16.4. The maximum atomic E-state index is 10.9. The number of carbonyl (C=O) groups is 1. The molecule has 0 aromatic heterocycles. The van der Waals surface area contributed by atoms with Gasteiger partial charge in [0.15, 0.2) is 0 Å². The molecule has 0 heterocycles. The lowest BCUT2D eigenvalue weighted by atomic mass is 9.83. The molecule has 0 fully saturated rings. The number of aliphatic hydroxyl groups excluding tert-OH is 1. The van der Waals surface area contributed by atoms with Crippen molar-refractivity contribution in [3.05, 3.63) is 29.3 Å². The number of aromatic carboxylic acids is 1. The maximum Gasteiger partial charge on any atom is 0.335 e. The largest absolute Gasteiger partial charge is 0.478 e. The van der Waals surface area contributed by atoms with Gasteiger partial charge in [0, 0.05) is 17.6 Å². The number of anilines is 1. The van der Waals surface area contributed by atoms with Gasteiger partial charge in [-0.15, -0.1) is 0 Å². The van der Waals surface area contributed by atoms with E-state index in [9.17, 15) is 9.90 Å². The van der Waals surface area contributed by atoms with Gasteiger partial charge in [0.25, 0.3) is 0 Å². The van der Waals surface area contributed by atoms with Crippen molar-refractivity contribution in [1.82, 2.24) is 0 Å². The van der Waals surface area contributed by atoms with Gasteiger partial charge >= 0.3 is 5.97 Å². The Bertz CT molecular complexity index is 431. The molecule has 4 nitrogen and oxygen atoms in total. The lowest BCUT2D eigenvalue weighted by Crippen LogP contribution is -2.32. The van der Waals surface area contributed by atoms with E-state index in [2.05, 4.69) is 19.2 Å². The van der Waals surface area contributed by atoms with Crippen molar-refractivity contribution in [2.45, 2.75) is 33.6 Å². The van der Waals surface area contributed by atoms with E-state index in [1.165, 1.54) is 0 Å². The van der Waals surface area contributed by atoms with Crippen LogP contribution in [-0.2, 0) is 0 Å². The van der Waals surface area contributed by atoms with Crippen molar-refractivity contribution in [1.29, 1.82) is 0 Å². The zero-order chi connectivity index (χ0) is 14.5. The summed E-state index contributed by atoms with van der Waals surface area (Å²) in [7, 11) is 0. The van der Waals surface area contributed by atoms with Gasteiger partial charge in [0.05, 0.1) is 12.2 Å². The fraction of sp³-hybridized carbons (Fsp3) is 0.533. The van der Waals surface area contributed by atoms with Crippen LogP contribution >= 0.6 is 0 Å². The molecule has 0 unspecified atom stereocenters. The molecular weight excluding hydrogens is 242 g/mol. The molecule has 1 rings (SSSR count). The molecule has 0 saturated carbocycles. The second-order valence-electron chi connectivity index (χ2n) is 5.05. The summed E-state index contributed by atoms with van der Waals surface area (Å²) in [6, 6.07) is 5.03. The van der Waals surface area contributed by atoms with E-state index in [1.807, 2.05) is 6.92 Å². The molecule has 19 heavy (non-hydrogen) atoms. The average molecular weight is 265 g/mol. The minimum Gasteiger partial charge on any atom is -0.478 e. The number of hydrogen-bond donors (Lipinski definition) is 3. The molecule has 0 saturated heterocycles. The third-order valence-corrected chi connectivity index (χ3v) is 3.96. The Morgan fingerprint density at radius 3 is 2.37 bits per heavy atom. The van der Waals surface area contributed by atoms with Crippen molar-refractivity contribution >= 4 is 11.7 Å². The van der Waals surface area contributed by atoms with Gasteiger partial charge in [-0.05, 0) is 43.5 Å². The van der Waals surface area contributed by atoms with Crippen molar-refractivity contribution in [2.75, 3.05) is 18.5 Å². The van der Waals surface area contributed by atoms with Crippen LogP contribution < -0.4 is 5.32 Å². The van der Waals surface area contributed by atoms with Crippen molar-refractivity contribution in [3.63, 3.8) is 0 Å². The highest BCUT2D eigenvalue weighted by Gasteiger charge is 2.25. The van der Waals surface area contributed by atoms with E-state index in [1.54, 1.807) is 18.2 Å². The topological polar surface area (TPSA) is 69.6 Å². The lowest BCUT2D eigenvalue weighted by Gasteiger charge is -2.30. The molecule has 4 heteroatoms. The highest BCUT2D eigenvalue weighted by molar-refractivity contribution is 5.88. The van der Waals surface area contributed by atoms with Crippen LogP contribution in [0.25, 0.3) is 0 Å². The molecule has 0 aliphatic rings. The Morgan fingerprint density at radius 2 is 1.95 bits per heavy atom. The first-order chi connectivity index (χ1) is 8.98. The smallest absolute Gasteiger partial charge is 0.335 e. The first kappa shape index (κ1) is 15.5. The van der Waals surface area contributed by atoms with Gasteiger partial charge in [-0.2, -0.15) is 0 Å². The molecular formula is C15H23NO3. The Morgan fingerprint density at radius 1 is 1.32 bits per heavy atom. The van der Waals surface area contributed by atoms with Crippen molar-refractivity contribution in [2.24, 2.45) is 5.41 Å². The molecule has 0 amide bonds. The summed E-state index contributed by atoms with van der Waals surface area (Å²) in [5, 5.41) is 21.8. The first-order valence-electron chi connectivity index (χ1n) is 6.66. The predicted octanol–water partition coefficient (Wildman–Crippen LogP) is 2.90. The molecule has 0 atom stereocenters. The lowest BCUT2D eigenvalue weighted by molar-refractivity contribution is 0.0697. The highest BCUT2D eigenvalue weighted by Crippen LogP contribution is 2.27. The molecule has 0 spiro atoms. The maximum absolute atomic E-state index is 10.9. The minimum atomic E-state index is -0.915. The van der Waals surface area contributed by atoms with Crippen LogP contribution in [0.3, 0.4) is 0 Å². The predicted molar refractivity (Wildman–Crippen MR) is 76.7 cm³/mol. The van der Waals surface area contributed by atoms with E-state index in [0.717, 1.165) is 24.1 Å². The number of aliphatic hydroxyl groups is 1. The number of rotatable bonds is 7. The van der Waals surface area contributed by atoms with Crippen LogP contribution in [0.5, 0.6) is 0 Å². The number of hydrogen-bond acceptors (Lipinski definition) is 3. The Kier molecular flexibility index (Phi) is 5.36. The van der Waals surface area contributed by atoms with Gasteiger partial charge in [-0.1, -0.05) is 13.8 Å². The van der Waals surface area contributed by atoms with E-state index >= 15 is 0 Å². The molecule has 0 radical (unpaired) electrons. The third kappa shape index (κ3) is 3.70. The Labute approximate surface area is 114 Å². The molecule has 106 valence electrons. The number of carboxylic acid groups (broad SMARTS) is 1. The number of benzene rings is 1. The summed E-state index contributed by atoms with van der Waals surface area (Å²) in [6.07, 6.45) is 1.80. The first-order valence-corrected chi connectivity index (χ1v) is 6.66. The summed E-state index contributed by atoms with van der Waals surface area (Å²) in [5.41, 5.74) is 2.00. The van der Waals surface area contributed by atoms with E-state index in [4.69, 9.17) is 5.11 Å². The quantitative estimate of drug-likeness (QED) is 0.709. The van der Waals surface area contributed by atoms with E-state index in [0.29, 0.717) is 12.1 Å². The van der Waals surface area contributed by atoms with Crippen LogP contribution in [0.15, 0.2) is 18.2 Å². The molecule has 0 bridgehead atoms. The normalized spacial score (nSPS) is 11.4. The van der Waals surface area contributed by atoms with Gasteiger partial charge < -0.3 is 15.5 Å². The molecule has 0 aliphatic carbocycles. The molecule has 1 aromatic rings. The van der Waals surface area contributed by atoms with E-state index in [-0.39, 0.29) is 12.0 Å². The fourth-order valence-electron chi connectivity index (χ4n) is 2.06. The zero-order valence-electron chi connectivity index (χ0n) is 11.9. The summed E-state index contributed by atoms with van der Waals surface area (Å²) in [6.45, 7) is 6.86. The Balaban J connectivity index is 2.80. The summed E-state index contributed by atoms with van der Waals surface area (Å²) < 4.78 is 0. The summed E-state index contributed by atoms with van der Waals surface area (Å²) >= 11 is 0. The van der Waals surface area contributed by atoms with Gasteiger partial charge in [-0.3, -0.25) is 0 Å². The zero-order valence-corrected chi connectivity index (χ0v) is 11.9. The average Bonchev–Trinajstić information content (AvgIpc) is 2.42. The minimum absolute atomic E-state index is 0.113. The molecule has 0 aliphatic heterocycles. The second kappa shape index (κ2) is 6.57. The van der Waals surface area contributed by atoms with E-state index < -0.39 is 5.97 Å². The number of nitrogens with one attached hydrogen (secondary N) is 1. The number of aryl methyl sites for hydroxylation is 1. The summed E-state index contributed by atoms with van der Waals surface area (Å²) in [4.78, 5) is 10.9. The van der Waals surface area contributed by atoms with Crippen LogP contribution in [0.1, 0.15) is 42.6 Å². The van der Waals surface area contributed by atoms with Crippen molar-refractivity contribution < 1.29 is 15.0 Å².